The minimum atomic E-state index is -0.859. The standard InChI is InChI=1S/C13H13FN2O3/c14-11-7-10(1-2-12(11)16(17)18)8-13(9-15)3-5-19-6-4-13/h1-2,7H,3-6,8H2. The maximum atomic E-state index is 13.5. The first-order valence-corrected chi connectivity index (χ1v) is 5.98. The Morgan fingerprint density at radius 1 is 1.47 bits per heavy atom. The van der Waals surface area contributed by atoms with Gasteiger partial charge in [0.2, 0.25) is 5.82 Å². The zero-order chi connectivity index (χ0) is 13.9. The Morgan fingerprint density at radius 2 is 2.16 bits per heavy atom. The molecule has 0 saturated carbocycles. The third-order valence-electron chi connectivity index (χ3n) is 3.44. The molecular formula is C13H13FN2O3. The molecule has 1 aliphatic rings. The normalized spacial score (nSPS) is 17.7. The molecule has 1 fully saturated rings. The van der Waals surface area contributed by atoms with Gasteiger partial charge in [0.15, 0.2) is 0 Å². The molecule has 0 aliphatic carbocycles. The number of halogens is 1. The van der Waals surface area contributed by atoms with Gasteiger partial charge in [0.05, 0.1) is 16.4 Å². The van der Waals surface area contributed by atoms with Crippen LogP contribution >= 0.6 is 0 Å². The van der Waals surface area contributed by atoms with Crippen molar-refractivity contribution in [3.8, 4) is 6.07 Å². The van der Waals surface area contributed by atoms with Crippen molar-refractivity contribution in [2.45, 2.75) is 19.3 Å². The van der Waals surface area contributed by atoms with Gasteiger partial charge in [0.25, 0.3) is 0 Å². The largest absolute Gasteiger partial charge is 0.381 e. The fourth-order valence-corrected chi connectivity index (χ4v) is 2.29. The van der Waals surface area contributed by atoms with Crippen molar-refractivity contribution in [2.75, 3.05) is 13.2 Å². The molecule has 0 amide bonds. The second kappa shape index (κ2) is 5.33. The third-order valence-corrected chi connectivity index (χ3v) is 3.44. The van der Waals surface area contributed by atoms with Crippen LogP contribution in [0.2, 0.25) is 0 Å². The van der Waals surface area contributed by atoms with E-state index in [0.29, 0.717) is 38.0 Å². The maximum absolute atomic E-state index is 13.5. The number of ether oxygens (including phenoxy) is 1. The molecule has 1 saturated heterocycles. The first-order chi connectivity index (χ1) is 9.06. The minimum absolute atomic E-state index is 0.391. The summed E-state index contributed by atoms with van der Waals surface area (Å²) in [6.07, 6.45) is 1.59. The zero-order valence-corrected chi connectivity index (χ0v) is 10.3. The van der Waals surface area contributed by atoms with E-state index in [4.69, 9.17) is 4.74 Å². The van der Waals surface area contributed by atoms with E-state index in [1.165, 1.54) is 6.07 Å². The van der Waals surface area contributed by atoms with Gasteiger partial charge in [0.1, 0.15) is 0 Å². The summed E-state index contributed by atoms with van der Waals surface area (Å²) in [6.45, 7) is 1.03. The Hall–Kier alpha value is -2.00. The van der Waals surface area contributed by atoms with Crippen LogP contribution in [0.4, 0.5) is 10.1 Å². The van der Waals surface area contributed by atoms with Crippen LogP contribution in [0.15, 0.2) is 18.2 Å². The summed E-state index contributed by atoms with van der Waals surface area (Å²) in [7, 11) is 0. The SMILES string of the molecule is N#CC1(Cc2ccc([N+](=O)[O-])c(F)c2)CCOCC1. The number of nitro groups is 1. The van der Waals surface area contributed by atoms with Gasteiger partial charge in [-0.2, -0.15) is 9.65 Å². The summed E-state index contributed by atoms with van der Waals surface area (Å²) in [4.78, 5) is 9.78. The maximum Gasteiger partial charge on any atom is 0.304 e. The van der Waals surface area contributed by atoms with Crippen LogP contribution in [0, 0.1) is 32.7 Å². The lowest BCUT2D eigenvalue weighted by Crippen LogP contribution is -2.30. The first kappa shape index (κ1) is 13.4. The molecule has 19 heavy (non-hydrogen) atoms. The summed E-state index contributed by atoms with van der Waals surface area (Å²) in [5.41, 5.74) is -0.492. The quantitative estimate of drug-likeness (QED) is 0.621. The van der Waals surface area contributed by atoms with Crippen LogP contribution in [0.5, 0.6) is 0 Å². The number of hydrogen-bond donors (Lipinski definition) is 0. The fraction of sp³-hybridized carbons (Fsp3) is 0.462. The number of nitrogens with zero attached hydrogens (tertiary/aromatic N) is 2. The zero-order valence-electron chi connectivity index (χ0n) is 10.3. The van der Waals surface area contributed by atoms with E-state index in [-0.39, 0.29) is 0 Å². The van der Waals surface area contributed by atoms with Crippen molar-refractivity contribution >= 4 is 5.69 Å². The highest BCUT2D eigenvalue weighted by atomic mass is 19.1. The molecule has 0 N–H and O–H groups in total. The molecule has 0 atom stereocenters. The highest BCUT2D eigenvalue weighted by Gasteiger charge is 2.33. The van der Waals surface area contributed by atoms with Gasteiger partial charge in [-0.1, -0.05) is 6.07 Å². The molecule has 1 aromatic carbocycles. The van der Waals surface area contributed by atoms with E-state index >= 15 is 0 Å². The van der Waals surface area contributed by atoms with Crippen LogP contribution < -0.4 is 0 Å². The number of nitriles is 1. The van der Waals surface area contributed by atoms with E-state index in [2.05, 4.69) is 6.07 Å². The molecule has 0 radical (unpaired) electrons. The number of hydrogen-bond acceptors (Lipinski definition) is 4. The van der Waals surface area contributed by atoms with Gasteiger partial charge in [-0.25, -0.2) is 0 Å². The molecule has 0 unspecified atom stereocenters. The molecule has 1 aliphatic heterocycles. The molecule has 6 heteroatoms. The lowest BCUT2D eigenvalue weighted by atomic mass is 9.76. The highest BCUT2D eigenvalue weighted by molar-refractivity contribution is 5.35. The number of benzene rings is 1. The average molecular weight is 264 g/mol. The Morgan fingerprint density at radius 3 is 2.68 bits per heavy atom. The first-order valence-electron chi connectivity index (χ1n) is 5.98. The monoisotopic (exact) mass is 264 g/mol. The Balaban J connectivity index is 2.21. The van der Waals surface area contributed by atoms with Gasteiger partial charge >= 0.3 is 5.69 Å². The van der Waals surface area contributed by atoms with Crippen molar-refractivity contribution in [1.82, 2.24) is 0 Å². The summed E-state index contributed by atoms with van der Waals surface area (Å²) < 4.78 is 18.8. The van der Waals surface area contributed by atoms with Gasteiger partial charge in [0, 0.05) is 19.3 Å². The number of rotatable bonds is 3. The topological polar surface area (TPSA) is 76.2 Å². The molecule has 1 heterocycles. The van der Waals surface area contributed by atoms with Crippen molar-refractivity contribution in [3.63, 3.8) is 0 Å². The second-order valence-electron chi connectivity index (χ2n) is 4.72. The van der Waals surface area contributed by atoms with Gasteiger partial charge in [-0.15, -0.1) is 0 Å². The molecule has 5 nitrogen and oxygen atoms in total. The van der Waals surface area contributed by atoms with E-state index in [0.717, 1.165) is 12.1 Å². The van der Waals surface area contributed by atoms with Crippen LogP contribution in [0.25, 0.3) is 0 Å². The lowest BCUT2D eigenvalue weighted by Gasteiger charge is -2.30. The van der Waals surface area contributed by atoms with Crippen molar-refractivity contribution < 1.29 is 14.1 Å². The average Bonchev–Trinajstić information content (AvgIpc) is 2.39. The van der Waals surface area contributed by atoms with Crippen molar-refractivity contribution in [2.24, 2.45) is 5.41 Å². The summed E-state index contributed by atoms with van der Waals surface area (Å²) in [6, 6.07) is 6.09. The predicted octanol–water partition coefficient (Wildman–Crippen LogP) is 2.60. The summed E-state index contributed by atoms with van der Waals surface area (Å²) in [5, 5.41) is 19.8. The lowest BCUT2D eigenvalue weighted by molar-refractivity contribution is -0.387. The summed E-state index contributed by atoms with van der Waals surface area (Å²) >= 11 is 0. The minimum Gasteiger partial charge on any atom is -0.381 e. The van der Waals surface area contributed by atoms with E-state index < -0.39 is 21.8 Å². The van der Waals surface area contributed by atoms with E-state index in [1.54, 1.807) is 0 Å². The van der Waals surface area contributed by atoms with E-state index in [9.17, 15) is 19.8 Å². The third kappa shape index (κ3) is 2.88. The second-order valence-corrected chi connectivity index (χ2v) is 4.72. The fourth-order valence-electron chi connectivity index (χ4n) is 2.29. The van der Waals surface area contributed by atoms with Crippen LogP contribution in [0.3, 0.4) is 0 Å². The Labute approximate surface area is 109 Å². The van der Waals surface area contributed by atoms with Crippen LogP contribution in [-0.2, 0) is 11.2 Å². The van der Waals surface area contributed by atoms with Crippen LogP contribution in [-0.4, -0.2) is 18.1 Å². The summed E-state index contributed by atoms with van der Waals surface area (Å²) in [5.74, 6) is -0.859. The van der Waals surface area contributed by atoms with Gasteiger partial charge in [-0.05, 0) is 30.9 Å². The smallest absolute Gasteiger partial charge is 0.304 e. The van der Waals surface area contributed by atoms with E-state index in [1.807, 2.05) is 0 Å². The molecule has 2 rings (SSSR count). The van der Waals surface area contributed by atoms with Crippen molar-refractivity contribution in [3.05, 3.63) is 39.7 Å². The van der Waals surface area contributed by atoms with Crippen LogP contribution in [0.1, 0.15) is 18.4 Å². The Bertz CT molecular complexity index is 533. The van der Waals surface area contributed by atoms with Gasteiger partial charge in [-0.3, -0.25) is 10.1 Å². The Kier molecular flexibility index (Phi) is 3.76. The van der Waals surface area contributed by atoms with Gasteiger partial charge < -0.3 is 4.74 Å². The number of nitro benzene ring substituents is 1. The predicted molar refractivity (Wildman–Crippen MR) is 64.9 cm³/mol. The van der Waals surface area contributed by atoms with Crippen molar-refractivity contribution in [1.29, 1.82) is 5.26 Å². The molecule has 0 spiro atoms. The molecule has 100 valence electrons. The highest BCUT2D eigenvalue weighted by Crippen LogP contribution is 2.34. The molecular weight excluding hydrogens is 251 g/mol. The molecule has 1 aromatic rings. The molecule has 0 aromatic heterocycles. The molecule has 0 bridgehead atoms.